The van der Waals surface area contributed by atoms with Gasteiger partial charge in [-0.2, -0.15) is 0 Å². The zero-order valence-electron chi connectivity index (χ0n) is 13.9. The molecule has 0 bridgehead atoms. The molecule has 6 N–H and O–H groups in total. The Morgan fingerprint density at radius 1 is 1.08 bits per heavy atom. The van der Waals surface area contributed by atoms with Crippen molar-refractivity contribution in [3.8, 4) is 0 Å². The number of carbonyl (C=O) groups is 2. The van der Waals surface area contributed by atoms with E-state index >= 15 is 0 Å². The topological polar surface area (TPSA) is 110 Å². The van der Waals surface area contributed by atoms with Crippen LogP contribution >= 0.6 is 0 Å². The van der Waals surface area contributed by atoms with Crippen molar-refractivity contribution in [2.24, 2.45) is 5.73 Å². The summed E-state index contributed by atoms with van der Waals surface area (Å²) in [6.45, 7) is 2.07. The van der Waals surface area contributed by atoms with E-state index in [1.165, 1.54) is 24.5 Å². The fourth-order valence-electron chi connectivity index (χ4n) is 3.15. The third-order valence-electron chi connectivity index (χ3n) is 4.55. The zero-order valence-corrected chi connectivity index (χ0v) is 13.9. The molecule has 2 aromatic carbocycles. The normalized spacial score (nSPS) is 17.0. The van der Waals surface area contributed by atoms with Crippen LogP contribution in [0.3, 0.4) is 0 Å². The number of anilines is 2. The number of nitrogens with one attached hydrogen (secondary N) is 2. The minimum atomic E-state index is -0.655. The quantitative estimate of drug-likeness (QED) is 0.640. The molecule has 2 aromatic rings. The molecule has 0 radical (unpaired) electrons. The predicted molar refractivity (Wildman–Crippen MR) is 98.6 cm³/mol. The fraction of sp³-hybridized carbons (Fsp3) is 0.263. The SMILES string of the molecule is NC(=O)c1cccc(C(=O)Nc2ccc([C@@H]3CCCNC3)cc2)c1N. The molecule has 1 heterocycles. The second-order valence-electron chi connectivity index (χ2n) is 6.25. The molecule has 0 unspecified atom stereocenters. The number of hydrogen-bond donors (Lipinski definition) is 4. The van der Waals surface area contributed by atoms with Crippen molar-refractivity contribution in [3.63, 3.8) is 0 Å². The average molecular weight is 338 g/mol. The number of rotatable bonds is 4. The van der Waals surface area contributed by atoms with Crippen LogP contribution in [0.25, 0.3) is 0 Å². The molecule has 3 rings (SSSR count). The maximum absolute atomic E-state index is 12.4. The Morgan fingerprint density at radius 2 is 1.80 bits per heavy atom. The molecule has 1 fully saturated rings. The van der Waals surface area contributed by atoms with Crippen molar-refractivity contribution in [1.29, 1.82) is 0 Å². The van der Waals surface area contributed by atoms with Gasteiger partial charge >= 0.3 is 0 Å². The molecule has 1 aliphatic heterocycles. The van der Waals surface area contributed by atoms with Gasteiger partial charge in [-0.3, -0.25) is 9.59 Å². The second kappa shape index (κ2) is 7.36. The first-order valence-corrected chi connectivity index (χ1v) is 8.36. The molecular formula is C19H22N4O2. The summed E-state index contributed by atoms with van der Waals surface area (Å²) >= 11 is 0. The summed E-state index contributed by atoms with van der Waals surface area (Å²) in [6, 6.07) is 12.5. The lowest BCUT2D eigenvalue weighted by Gasteiger charge is -2.23. The Bertz CT molecular complexity index is 781. The average Bonchev–Trinajstić information content (AvgIpc) is 2.63. The number of benzene rings is 2. The van der Waals surface area contributed by atoms with E-state index in [9.17, 15) is 9.59 Å². The van der Waals surface area contributed by atoms with Crippen LogP contribution < -0.4 is 22.1 Å². The largest absolute Gasteiger partial charge is 0.397 e. The van der Waals surface area contributed by atoms with Gasteiger partial charge < -0.3 is 22.1 Å². The highest BCUT2D eigenvalue weighted by atomic mass is 16.2. The van der Waals surface area contributed by atoms with Crippen LogP contribution in [-0.2, 0) is 0 Å². The monoisotopic (exact) mass is 338 g/mol. The summed E-state index contributed by atoms with van der Waals surface area (Å²) in [5, 5.41) is 6.21. The van der Waals surface area contributed by atoms with Gasteiger partial charge in [0.1, 0.15) is 0 Å². The first-order chi connectivity index (χ1) is 12.1. The number of carbonyl (C=O) groups excluding carboxylic acids is 2. The molecule has 6 nitrogen and oxygen atoms in total. The number of nitrogens with two attached hydrogens (primary N) is 2. The van der Waals surface area contributed by atoms with Gasteiger partial charge in [0.2, 0.25) is 0 Å². The van der Waals surface area contributed by atoms with E-state index in [4.69, 9.17) is 11.5 Å². The lowest BCUT2D eigenvalue weighted by atomic mass is 9.91. The Hall–Kier alpha value is -2.86. The maximum atomic E-state index is 12.4. The van der Waals surface area contributed by atoms with Gasteiger partial charge in [-0.25, -0.2) is 0 Å². The van der Waals surface area contributed by atoms with Crippen molar-refractivity contribution >= 4 is 23.2 Å². The standard InChI is InChI=1S/C19H22N4O2/c20-17-15(18(21)24)4-1-5-16(17)19(25)23-14-8-6-12(7-9-14)13-3-2-10-22-11-13/h1,4-9,13,22H,2-3,10-11,20H2,(H2,21,24)(H,23,25)/t13-/m1/s1. The van der Waals surface area contributed by atoms with E-state index in [2.05, 4.69) is 10.6 Å². The minimum Gasteiger partial charge on any atom is -0.397 e. The molecule has 0 aromatic heterocycles. The van der Waals surface area contributed by atoms with E-state index < -0.39 is 5.91 Å². The predicted octanol–water partition coefficient (Wildman–Crippen LogP) is 2.09. The number of hydrogen-bond acceptors (Lipinski definition) is 4. The minimum absolute atomic E-state index is 0.0948. The Morgan fingerprint density at radius 3 is 2.44 bits per heavy atom. The van der Waals surface area contributed by atoms with Gasteiger partial charge in [-0.05, 0) is 55.1 Å². The fourth-order valence-corrected chi connectivity index (χ4v) is 3.15. The van der Waals surface area contributed by atoms with E-state index in [-0.39, 0.29) is 22.7 Å². The Kier molecular flexibility index (Phi) is 5.00. The highest BCUT2D eigenvalue weighted by Gasteiger charge is 2.17. The van der Waals surface area contributed by atoms with Crippen LogP contribution in [0.2, 0.25) is 0 Å². The Balaban J connectivity index is 1.73. The first kappa shape index (κ1) is 17.0. The van der Waals surface area contributed by atoms with Crippen LogP contribution in [0.15, 0.2) is 42.5 Å². The molecule has 0 spiro atoms. The molecule has 0 aliphatic carbocycles. The molecule has 1 saturated heterocycles. The molecule has 1 aliphatic rings. The molecule has 2 amide bonds. The van der Waals surface area contributed by atoms with Gasteiger partial charge in [-0.15, -0.1) is 0 Å². The molecule has 1 atom stereocenters. The van der Waals surface area contributed by atoms with Crippen molar-refractivity contribution < 1.29 is 9.59 Å². The van der Waals surface area contributed by atoms with Crippen LogP contribution in [0.1, 0.15) is 45.0 Å². The van der Waals surface area contributed by atoms with Crippen molar-refractivity contribution in [2.45, 2.75) is 18.8 Å². The number of nitrogen functional groups attached to an aromatic ring is 1. The number of primary amides is 1. The Labute approximate surface area is 146 Å². The summed E-state index contributed by atoms with van der Waals surface area (Å²) in [5.41, 5.74) is 13.6. The molecular weight excluding hydrogens is 316 g/mol. The van der Waals surface area contributed by atoms with Crippen LogP contribution in [0, 0.1) is 0 Å². The summed E-state index contributed by atoms with van der Waals surface area (Å²) in [4.78, 5) is 23.8. The maximum Gasteiger partial charge on any atom is 0.257 e. The van der Waals surface area contributed by atoms with Crippen LogP contribution in [-0.4, -0.2) is 24.9 Å². The van der Waals surface area contributed by atoms with Gasteiger partial charge in [0.05, 0.1) is 16.8 Å². The molecule has 130 valence electrons. The number of piperidine rings is 1. The summed E-state index contributed by atoms with van der Waals surface area (Å²) in [5.74, 6) is -0.508. The van der Waals surface area contributed by atoms with E-state index in [0.29, 0.717) is 11.6 Å². The van der Waals surface area contributed by atoms with Crippen molar-refractivity contribution in [2.75, 3.05) is 24.1 Å². The molecule has 25 heavy (non-hydrogen) atoms. The third-order valence-corrected chi connectivity index (χ3v) is 4.55. The summed E-state index contributed by atoms with van der Waals surface area (Å²) in [6.07, 6.45) is 2.35. The summed E-state index contributed by atoms with van der Waals surface area (Å²) < 4.78 is 0. The van der Waals surface area contributed by atoms with Gasteiger partial charge in [0.15, 0.2) is 0 Å². The smallest absolute Gasteiger partial charge is 0.257 e. The highest BCUT2D eigenvalue weighted by Crippen LogP contribution is 2.25. The van der Waals surface area contributed by atoms with E-state index in [1.54, 1.807) is 12.1 Å². The second-order valence-corrected chi connectivity index (χ2v) is 6.25. The third kappa shape index (κ3) is 3.80. The lowest BCUT2D eigenvalue weighted by Crippen LogP contribution is -2.28. The molecule has 6 heteroatoms. The first-order valence-electron chi connectivity index (χ1n) is 8.36. The van der Waals surface area contributed by atoms with E-state index in [0.717, 1.165) is 13.1 Å². The molecule has 0 saturated carbocycles. The van der Waals surface area contributed by atoms with Crippen molar-refractivity contribution in [3.05, 3.63) is 59.2 Å². The highest BCUT2D eigenvalue weighted by molar-refractivity contribution is 6.11. The number of para-hydroxylation sites is 1. The van der Waals surface area contributed by atoms with Gasteiger partial charge in [-0.1, -0.05) is 18.2 Å². The van der Waals surface area contributed by atoms with E-state index in [1.807, 2.05) is 24.3 Å². The van der Waals surface area contributed by atoms with Crippen LogP contribution in [0.5, 0.6) is 0 Å². The zero-order chi connectivity index (χ0) is 17.8. The van der Waals surface area contributed by atoms with Crippen LogP contribution in [0.4, 0.5) is 11.4 Å². The summed E-state index contributed by atoms with van der Waals surface area (Å²) in [7, 11) is 0. The lowest BCUT2D eigenvalue weighted by molar-refractivity contribution is 0.100. The number of amides is 2. The van der Waals surface area contributed by atoms with Crippen molar-refractivity contribution in [1.82, 2.24) is 5.32 Å². The van der Waals surface area contributed by atoms with Gasteiger partial charge in [0.25, 0.3) is 11.8 Å². The van der Waals surface area contributed by atoms with Gasteiger partial charge in [0, 0.05) is 12.2 Å².